The van der Waals surface area contributed by atoms with Crippen LogP contribution in [0.2, 0.25) is 0 Å². The Morgan fingerprint density at radius 1 is 1.50 bits per heavy atom. The van der Waals surface area contributed by atoms with Crippen LogP contribution in [0.5, 0.6) is 0 Å². The molecule has 2 amide bonds. The average molecular weight is 295 g/mol. The molecular formula is C14H21N3O2S. The molecule has 0 aromatic carbocycles. The van der Waals surface area contributed by atoms with E-state index in [4.69, 9.17) is 0 Å². The molecule has 0 N–H and O–H groups in total. The second-order valence-electron chi connectivity index (χ2n) is 5.60. The lowest BCUT2D eigenvalue weighted by Crippen LogP contribution is -2.58. The lowest BCUT2D eigenvalue weighted by atomic mass is 10.1. The van der Waals surface area contributed by atoms with Crippen molar-refractivity contribution in [3.8, 4) is 0 Å². The molecule has 5 nitrogen and oxygen atoms in total. The topological polar surface area (TPSA) is 53.5 Å². The zero-order valence-electron chi connectivity index (χ0n) is 12.4. The molecule has 1 aromatic heterocycles. The zero-order chi connectivity index (χ0) is 14.9. The van der Waals surface area contributed by atoms with E-state index in [9.17, 15) is 9.59 Å². The quantitative estimate of drug-likeness (QED) is 0.854. The van der Waals surface area contributed by atoms with E-state index in [2.05, 4.69) is 18.8 Å². The third-order valence-electron chi connectivity index (χ3n) is 3.43. The summed E-state index contributed by atoms with van der Waals surface area (Å²) in [4.78, 5) is 33.0. The molecule has 110 valence electrons. The van der Waals surface area contributed by atoms with E-state index in [0.29, 0.717) is 23.9 Å². The van der Waals surface area contributed by atoms with Crippen LogP contribution >= 0.6 is 11.3 Å². The summed E-state index contributed by atoms with van der Waals surface area (Å²) in [7, 11) is 0. The number of carbonyl (C=O) groups excluding carboxylic acids is 2. The smallest absolute Gasteiger partial charge is 0.266 e. The van der Waals surface area contributed by atoms with Crippen LogP contribution in [0.15, 0.2) is 6.20 Å². The summed E-state index contributed by atoms with van der Waals surface area (Å²) in [5.41, 5.74) is 0. The Morgan fingerprint density at radius 3 is 2.75 bits per heavy atom. The fraction of sp³-hybridized carbons (Fsp3) is 0.643. The first-order valence-electron chi connectivity index (χ1n) is 6.92. The fourth-order valence-electron chi connectivity index (χ4n) is 2.43. The Bertz CT molecular complexity index is 512. The molecular weight excluding hydrogens is 274 g/mol. The van der Waals surface area contributed by atoms with Crippen molar-refractivity contribution >= 4 is 23.2 Å². The van der Waals surface area contributed by atoms with Gasteiger partial charge in [-0.25, -0.2) is 4.98 Å². The van der Waals surface area contributed by atoms with Crippen molar-refractivity contribution in [2.24, 2.45) is 5.92 Å². The van der Waals surface area contributed by atoms with Gasteiger partial charge in [-0.3, -0.25) is 9.59 Å². The minimum absolute atomic E-state index is 0.0412. The van der Waals surface area contributed by atoms with Crippen molar-refractivity contribution in [1.82, 2.24) is 14.8 Å². The van der Waals surface area contributed by atoms with Gasteiger partial charge >= 0.3 is 0 Å². The summed E-state index contributed by atoms with van der Waals surface area (Å²) in [6.07, 6.45) is 1.60. The molecule has 6 heteroatoms. The normalized spacial score (nSPS) is 19.9. The van der Waals surface area contributed by atoms with Crippen molar-refractivity contribution in [2.45, 2.75) is 33.7 Å². The SMILES string of the molecule is Cc1ncc(C(=O)N2CCN(CC(C)C)C(=O)C2C)s1. The lowest BCUT2D eigenvalue weighted by molar-refractivity contribution is -0.140. The van der Waals surface area contributed by atoms with Crippen LogP contribution in [0.3, 0.4) is 0 Å². The van der Waals surface area contributed by atoms with Crippen molar-refractivity contribution in [3.63, 3.8) is 0 Å². The van der Waals surface area contributed by atoms with Gasteiger partial charge in [0, 0.05) is 19.6 Å². The van der Waals surface area contributed by atoms with Crippen molar-refractivity contribution in [3.05, 3.63) is 16.1 Å². The molecule has 2 rings (SSSR count). The highest BCUT2D eigenvalue weighted by Crippen LogP contribution is 2.19. The number of nitrogens with zero attached hydrogens (tertiary/aromatic N) is 3. The molecule has 1 aromatic rings. The van der Waals surface area contributed by atoms with Gasteiger partial charge in [0.05, 0.1) is 11.2 Å². The Kier molecular flexibility index (Phi) is 4.42. The molecule has 1 aliphatic heterocycles. The van der Waals surface area contributed by atoms with E-state index < -0.39 is 6.04 Å². The van der Waals surface area contributed by atoms with Crippen LogP contribution in [0.1, 0.15) is 35.5 Å². The summed E-state index contributed by atoms with van der Waals surface area (Å²) in [5, 5.41) is 0.866. The van der Waals surface area contributed by atoms with E-state index in [0.717, 1.165) is 11.6 Å². The molecule has 1 saturated heterocycles. The first kappa shape index (κ1) is 15.0. The van der Waals surface area contributed by atoms with Gasteiger partial charge in [-0.05, 0) is 19.8 Å². The molecule has 1 aliphatic rings. The van der Waals surface area contributed by atoms with Crippen LogP contribution < -0.4 is 0 Å². The molecule has 1 atom stereocenters. The predicted molar refractivity (Wildman–Crippen MR) is 78.8 cm³/mol. The molecule has 2 heterocycles. The first-order chi connectivity index (χ1) is 9.40. The molecule has 0 radical (unpaired) electrons. The van der Waals surface area contributed by atoms with Crippen molar-refractivity contribution in [1.29, 1.82) is 0 Å². The Balaban J connectivity index is 2.08. The van der Waals surface area contributed by atoms with Crippen LogP contribution in [0.25, 0.3) is 0 Å². The Labute approximate surface area is 123 Å². The van der Waals surface area contributed by atoms with E-state index in [1.807, 2.05) is 11.8 Å². The number of carbonyl (C=O) groups is 2. The Morgan fingerprint density at radius 2 is 2.20 bits per heavy atom. The van der Waals surface area contributed by atoms with Gasteiger partial charge in [-0.2, -0.15) is 0 Å². The second kappa shape index (κ2) is 5.91. The third-order valence-corrected chi connectivity index (χ3v) is 4.33. The first-order valence-corrected chi connectivity index (χ1v) is 7.74. The number of hydrogen-bond acceptors (Lipinski definition) is 4. The van der Waals surface area contributed by atoms with Gasteiger partial charge in [-0.15, -0.1) is 11.3 Å². The molecule has 0 saturated carbocycles. The lowest BCUT2D eigenvalue weighted by Gasteiger charge is -2.39. The summed E-state index contributed by atoms with van der Waals surface area (Å²) < 4.78 is 0. The maximum atomic E-state index is 12.4. The van der Waals surface area contributed by atoms with Crippen LogP contribution in [-0.2, 0) is 4.79 Å². The van der Waals surface area contributed by atoms with E-state index in [1.165, 1.54) is 11.3 Å². The third kappa shape index (κ3) is 3.00. The monoisotopic (exact) mass is 295 g/mol. The highest BCUT2D eigenvalue weighted by molar-refractivity contribution is 7.13. The van der Waals surface area contributed by atoms with E-state index >= 15 is 0 Å². The zero-order valence-corrected chi connectivity index (χ0v) is 13.2. The largest absolute Gasteiger partial charge is 0.339 e. The standard InChI is InChI=1S/C14H21N3O2S/c1-9(2)8-16-5-6-17(10(3)13(16)18)14(19)12-7-15-11(4)20-12/h7,9-10H,5-6,8H2,1-4H3. The minimum atomic E-state index is -0.391. The number of thiazole rings is 1. The predicted octanol–water partition coefficient (Wildman–Crippen LogP) is 1.78. The molecule has 20 heavy (non-hydrogen) atoms. The number of hydrogen-bond donors (Lipinski definition) is 0. The number of aromatic nitrogens is 1. The van der Waals surface area contributed by atoms with Crippen LogP contribution in [0.4, 0.5) is 0 Å². The van der Waals surface area contributed by atoms with Gasteiger partial charge in [0.2, 0.25) is 5.91 Å². The highest BCUT2D eigenvalue weighted by Gasteiger charge is 2.35. The van der Waals surface area contributed by atoms with Crippen LogP contribution in [0, 0.1) is 12.8 Å². The van der Waals surface area contributed by atoms with Gasteiger partial charge in [0.15, 0.2) is 0 Å². The van der Waals surface area contributed by atoms with Gasteiger partial charge in [0.1, 0.15) is 10.9 Å². The highest BCUT2D eigenvalue weighted by atomic mass is 32.1. The maximum Gasteiger partial charge on any atom is 0.266 e. The van der Waals surface area contributed by atoms with E-state index in [1.54, 1.807) is 18.0 Å². The van der Waals surface area contributed by atoms with Gasteiger partial charge in [-0.1, -0.05) is 13.8 Å². The maximum absolute atomic E-state index is 12.4. The van der Waals surface area contributed by atoms with E-state index in [-0.39, 0.29) is 11.8 Å². The second-order valence-corrected chi connectivity index (χ2v) is 6.83. The Hall–Kier alpha value is -1.43. The number of aryl methyl sites for hydroxylation is 1. The van der Waals surface area contributed by atoms with Gasteiger partial charge < -0.3 is 9.80 Å². The average Bonchev–Trinajstić information content (AvgIpc) is 2.81. The van der Waals surface area contributed by atoms with Crippen molar-refractivity contribution < 1.29 is 9.59 Å². The fourth-order valence-corrected chi connectivity index (χ4v) is 3.16. The molecule has 1 fully saturated rings. The summed E-state index contributed by atoms with van der Waals surface area (Å²) in [6.45, 7) is 9.83. The number of amides is 2. The summed E-state index contributed by atoms with van der Waals surface area (Å²) >= 11 is 1.38. The van der Waals surface area contributed by atoms with Crippen molar-refractivity contribution in [2.75, 3.05) is 19.6 Å². The molecule has 0 spiro atoms. The molecule has 0 aliphatic carbocycles. The number of rotatable bonds is 3. The minimum Gasteiger partial charge on any atom is -0.339 e. The summed E-state index contributed by atoms with van der Waals surface area (Å²) in [5.74, 6) is 0.401. The van der Waals surface area contributed by atoms with Gasteiger partial charge in [0.25, 0.3) is 5.91 Å². The number of piperazine rings is 1. The molecule has 0 bridgehead atoms. The van der Waals surface area contributed by atoms with Crippen LogP contribution in [-0.4, -0.2) is 52.3 Å². The summed E-state index contributed by atoms with van der Waals surface area (Å²) in [6, 6.07) is -0.391. The molecule has 1 unspecified atom stereocenters.